The molecule has 3 heteroatoms. The lowest BCUT2D eigenvalue weighted by Gasteiger charge is -1.90. The van der Waals surface area contributed by atoms with Crippen molar-refractivity contribution in [3.8, 4) is 0 Å². The van der Waals surface area contributed by atoms with Gasteiger partial charge in [-0.1, -0.05) is 35.4 Å². The Morgan fingerprint density at radius 2 is 1.69 bits per heavy atom. The van der Waals surface area contributed by atoms with Gasteiger partial charge >= 0.3 is 6.09 Å². The Balaban J connectivity index is 0.000000252. The first-order chi connectivity index (χ1) is 6.06. The molecule has 0 aliphatic carbocycles. The molecule has 1 amide bonds. The minimum Gasteiger partial charge on any atom is -0.465 e. The standard InChI is InChI=1S/C8H10.C2H5NO2/c1-7-4-3-5-8(2)6-7;1-3-2(4)5/h3-6H,1-2H3;3H,1H3,(H,4,5). The first-order valence-electron chi connectivity index (χ1n) is 4.00. The van der Waals surface area contributed by atoms with Crippen LogP contribution in [0.25, 0.3) is 0 Å². The van der Waals surface area contributed by atoms with E-state index < -0.39 is 6.09 Å². The minimum absolute atomic E-state index is 0.995. The topological polar surface area (TPSA) is 49.3 Å². The fourth-order valence-corrected chi connectivity index (χ4v) is 0.807. The maximum Gasteiger partial charge on any atom is 0.404 e. The summed E-state index contributed by atoms with van der Waals surface area (Å²) in [4.78, 5) is 9.26. The molecule has 0 aliphatic rings. The third kappa shape index (κ3) is 6.87. The lowest BCUT2D eigenvalue weighted by Crippen LogP contribution is -2.13. The van der Waals surface area contributed by atoms with Crippen LogP contribution in [0.2, 0.25) is 0 Å². The molecule has 1 aromatic rings. The quantitative estimate of drug-likeness (QED) is 0.644. The van der Waals surface area contributed by atoms with E-state index >= 15 is 0 Å². The van der Waals surface area contributed by atoms with E-state index in [2.05, 4.69) is 38.1 Å². The van der Waals surface area contributed by atoms with Crippen molar-refractivity contribution in [1.82, 2.24) is 5.32 Å². The monoisotopic (exact) mass is 181 g/mol. The zero-order valence-electron chi connectivity index (χ0n) is 8.16. The van der Waals surface area contributed by atoms with E-state index in [0.29, 0.717) is 0 Å². The molecule has 13 heavy (non-hydrogen) atoms. The average Bonchev–Trinajstić information content (AvgIpc) is 2.05. The van der Waals surface area contributed by atoms with Gasteiger partial charge in [0.05, 0.1) is 0 Å². The first kappa shape index (κ1) is 11.5. The molecule has 0 saturated heterocycles. The van der Waals surface area contributed by atoms with Gasteiger partial charge in [-0.05, 0) is 13.8 Å². The Morgan fingerprint density at radius 1 is 1.31 bits per heavy atom. The third-order valence-corrected chi connectivity index (χ3v) is 1.39. The maximum absolute atomic E-state index is 9.26. The number of carbonyl (C=O) groups is 1. The lowest BCUT2D eigenvalue weighted by atomic mass is 10.2. The molecule has 0 unspecified atom stereocenters. The van der Waals surface area contributed by atoms with Gasteiger partial charge in [0.25, 0.3) is 0 Å². The summed E-state index contributed by atoms with van der Waals surface area (Å²) in [7, 11) is 1.35. The van der Waals surface area contributed by atoms with Crippen LogP contribution >= 0.6 is 0 Å². The number of hydrogen-bond acceptors (Lipinski definition) is 1. The highest BCUT2D eigenvalue weighted by Crippen LogP contribution is 2.00. The predicted molar refractivity (Wildman–Crippen MR) is 53.0 cm³/mol. The minimum atomic E-state index is -0.995. The fraction of sp³-hybridized carbons (Fsp3) is 0.300. The molecule has 0 fully saturated rings. The number of nitrogens with one attached hydrogen (secondary N) is 1. The van der Waals surface area contributed by atoms with Gasteiger partial charge in [0, 0.05) is 7.05 Å². The maximum atomic E-state index is 9.26. The highest BCUT2D eigenvalue weighted by molar-refractivity contribution is 5.63. The van der Waals surface area contributed by atoms with Crippen molar-refractivity contribution in [1.29, 1.82) is 0 Å². The number of carboxylic acid groups (broad SMARTS) is 1. The smallest absolute Gasteiger partial charge is 0.404 e. The molecule has 0 spiro atoms. The van der Waals surface area contributed by atoms with E-state index in [0.717, 1.165) is 0 Å². The van der Waals surface area contributed by atoms with E-state index in [-0.39, 0.29) is 0 Å². The third-order valence-electron chi connectivity index (χ3n) is 1.39. The van der Waals surface area contributed by atoms with Gasteiger partial charge < -0.3 is 10.4 Å². The van der Waals surface area contributed by atoms with E-state index in [4.69, 9.17) is 5.11 Å². The number of benzene rings is 1. The second kappa shape index (κ2) is 6.06. The highest BCUT2D eigenvalue weighted by atomic mass is 16.4. The Bertz CT molecular complexity index is 254. The van der Waals surface area contributed by atoms with Crippen molar-refractivity contribution < 1.29 is 9.90 Å². The molecule has 1 aromatic carbocycles. The average molecular weight is 181 g/mol. The van der Waals surface area contributed by atoms with Gasteiger partial charge in [0.15, 0.2) is 0 Å². The van der Waals surface area contributed by atoms with Crippen LogP contribution in [-0.2, 0) is 0 Å². The first-order valence-corrected chi connectivity index (χ1v) is 4.00. The number of aryl methyl sites for hydroxylation is 2. The Morgan fingerprint density at radius 3 is 1.85 bits per heavy atom. The van der Waals surface area contributed by atoms with Crippen LogP contribution in [0.5, 0.6) is 0 Å². The van der Waals surface area contributed by atoms with Gasteiger partial charge in [-0.2, -0.15) is 0 Å². The highest BCUT2D eigenvalue weighted by Gasteiger charge is 1.80. The summed E-state index contributed by atoms with van der Waals surface area (Å²) in [6.45, 7) is 4.21. The van der Waals surface area contributed by atoms with Crippen LogP contribution in [0.1, 0.15) is 11.1 Å². The molecule has 0 heterocycles. The molecule has 72 valence electrons. The lowest BCUT2D eigenvalue weighted by molar-refractivity contribution is 0.197. The van der Waals surface area contributed by atoms with Crippen LogP contribution in [0.3, 0.4) is 0 Å². The Hall–Kier alpha value is -1.51. The van der Waals surface area contributed by atoms with E-state index in [1.165, 1.54) is 18.2 Å². The second-order valence-corrected chi connectivity index (χ2v) is 2.71. The van der Waals surface area contributed by atoms with Crippen LogP contribution in [0, 0.1) is 13.8 Å². The summed E-state index contributed by atoms with van der Waals surface area (Å²) in [5, 5.41) is 9.56. The van der Waals surface area contributed by atoms with Gasteiger partial charge in [0.2, 0.25) is 0 Å². The second-order valence-electron chi connectivity index (χ2n) is 2.71. The molecule has 0 atom stereocenters. The summed E-state index contributed by atoms with van der Waals surface area (Å²) in [5.74, 6) is 0. The normalized spacial score (nSPS) is 8.23. The van der Waals surface area contributed by atoms with Crippen LogP contribution in [0.15, 0.2) is 24.3 Å². The zero-order chi connectivity index (χ0) is 10.3. The summed E-state index contributed by atoms with van der Waals surface area (Å²) in [6, 6.07) is 8.45. The van der Waals surface area contributed by atoms with Crippen LogP contribution in [0.4, 0.5) is 4.79 Å². The summed E-state index contributed by atoms with van der Waals surface area (Å²) >= 11 is 0. The summed E-state index contributed by atoms with van der Waals surface area (Å²) in [6.07, 6.45) is -0.995. The van der Waals surface area contributed by atoms with Crippen LogP contribution in [-0.4, -0.2) is 18.2 Å². The number of amides is 1. The fourth-order valence-electron chi connectivity index (χ4n) is 0.807. The van der Waals surface area contributed by atoms with Crippen molar-refractivity contribution in [2.75, 3.05) is 7.05 Å². The Kier molecular flexibility index (Phi) is 5.35. The van der Waals surface area contributed by atoms with Crippen molar-refractivity contribution in [3.63, 3.8) is 0 Å². The molecule has 0 saturated carbocycles. The molecule has 0 bridgehead atoms. The molecule has 3 nitrogen and oxygen atoms in total. The number of hydrogen-bond donors (Lipinski definition) is 2. The zero-order valence-corrected chi connectivity index (χ0v) is 8.16. The van der Waals surface area contributed by atoms with E-state index in [1.807, 2.05) is 5.32 Å². The van der Waals surface area contributed by atoms with E-state index in [1.54, 1.807) is 0 Å². The van der Waals surface area contributed by atoms with Crippen molar-refractivity contribution >= 4 is 6.09 Å². The Labute approximate surface area is 78.4 Å². The molecule has 2 N–H and O–H groups in total. The molecule has 0 aliphatic heterocycles. The largest absolute Gasteiger partial charge is 0.465 e. The van der Waals surface area contributed by atoms with Crippen molar-refractivity contribution in [2.45, 2.75) is 13.8 Å². The van der Waals surface area contributed by atoms with Gasteiger partial charge in [-0.15, -0.1) is 0 Å². The van der Waals surface area contributed by atoms with E-state index in [9.17, 15) is 4.79 Å². The van der Waals surface area contributed by atoms with Crippen LogP contribution < -0.4 is 5.32 Å². The van der Waals surface area contributed by atoms with Gasteiger partial charge in [-0.25, -0.2) is 4.79 Å². The van der Waals surface area contributed by atoms with Gasteiger partial charge in [-0.3, -0.25) is 0 Å². The molecular weight excluding hydrogens is 166 g/mol. The summed E-state index contributed by atoms with van der Waals surface area (Å²) < 4.78 is 0. The molecule has 0 radical (unpaired) electrons. The molecule has 0 aromatic heterocycles. The number of rotatable bonds is 0. The van der Waals surface area contributed by atoms with Gasteiger partial charge in [0.1, 0.15) is 0 Å². The van der Waals surface area contributed by atoms with Crippen molar-refractivity contribution in [2.24, 2.45) is 0 Å². The summed E-state index contributed by atoms with van der Waals surface area (Å²) in [5.41, 5.74) is 2.68. The SMILES string of the molecule is CNC(=O)O.Cc1cccc(C)c1. The molecule has 1 rings (SSSR count). The van der Waals surface area contributed by atoms with Crippen molar-refractivity contribution in [3.05, 3.63) is 35.4 Å². The molecular formula is C10H15NO2. The predicted octanol–water partition coefficient (Wildman–Crippen LogP) is 2.19.